The molecule has 8 nitrogen and oxygen atoms in total. The van der Waals surface area contributed by atoms with Crippen molar-refractivity contribution in [1.82, 2.24) is 9.97 Å². The van der Waals surface area contributed by atoms with E-state index in [2.05, 4.69) is 14.5 Å². The topological polar surface area (TPSA) is 128 Å². The van der Waals surface area contributed by atoms with Crippen LogP contribution in [-0.2, 0) is 9.09 Å². The lowest BCUT2D eigenvalue weighted by Crippen LogP contribution is -2.53. The summed E-state index contributed by atoms with van der Waals surface area (Å²) in [6, 6.07) is 4.65. The van der Waals surface area contributed by atoms with Gasteiger partial charge in [-0.2, -0.15) is 0 Å². The highest BCUT2D eigenvalue weighted by Gasteiger charge is 2.39. The predicted molar refractivity (Wildman–Crippen MR) is 107 cm³/mol. The van der Waals surface area contributed by atoms with Crippen molar-refractivity contribution in [2.75, 3.05) is 0 Å². The highest BCUT2D eigenvalue weighted by Crippen LogP contribution is 2.42. The number of nitrogens with two attached hydrogens (primary N) is 1. The minimum absolute atomic E-state index is 0.0396. The van der Waals surface area contributed by atoms with Crippen LogP contribution in [-0.4, -0.2) is 31.6 Å². The minimum Gasteiger partial charge on any atom is -0.460 e. The minimum atomic E-state index is -5.10. The summed E-state index contributed by atoms with van der Waals surface area (Å²) in [5.74, 6) is -0.562. The highest BCUT2D eigenvalue weighted by atomic mass is 31.2. The van der Waals surface area contributed by atoms with Crippen LogP contribution in [0.4, 0.5) is 17.6 Å². The molecule has 2 aromatic heterocycles. The molecule has 0 saturated carbocycles. The van der Waals surface area contributed by atoms with E-state index in [0.717, 1.165) is 18.3 Å². The third kappa shape index (κ3) is 7.21. The summed E-state index contributed by atoms with van der Waals surface area (Å²) in [6.07, 6.45) is -6.53. The average Bonchev–Trinajstić information content (AvgIpc) is 2.65. The van der Waals surface area contributed by atoms with Gasteiger partial charge < -0.3 is 20.3 Å². The Morgan fingerprint density at radius 1 is 1.16 bits per heavy atom. The maximum atomic E-state index is 13.7. The van der Waals surface area contributed by atoms with E-state index in [1.807, 2.05) is 0 Å². The fourth-order valence-electron chi connectivity index (χ4n) is 3.10. The van der Waals surface area contributed by atoms with Crippen molar-refractivity contribution in [1.29, 1.82) is 0 Å². The largest absolute Gasteiger partial charge is 0.472 e. The standard InChI is InChI=1S/C19H24F4N3O5P/c1-10(2)9-19(3,24)18(31-32(27,28)29)30-14-5-4-12(26-15(14)17(22)23)11-6-7-25-13(8-11)16(20)21/h4-8,10,16-18H,9,24H2,1-3H3,(H2,27,28,29)/t18?,19-/m0/s1. The molecule has 0 amide bonds. The molecular formula is C19H24F4N3O5P. The maximum absolute atomic E-state index is 13.7. The molecule has 13 heteroatoms. The second kappa shape index (κ2) is 10.2. The number of nitrogens with zero attached hydrogens (tertiary/aromatic N) is 2. The lowest BCUT2D eigenvalue weighted by Gasteiger charge is -2.35. The first-order valence-corrected chi connectivity index (χ1v) is 11.0. The number of rotatable bonds is 10. The molecule has 1 unspecified atom stereocenters. The van der Waals surface area contributed by atoms with E-state index in [1.165, 1.54) is 19.1 Å². The van der Waals surface area contributed by atoms with E-state index in [-0.39, 0.29) is 23.6 Å². The van der Waals surface area contributed by atoms with Gasteiger partial charge in [0.15, 0.2) is 0 Å². The van der Waals surface area contributed by atoms with Gasteiger partial charge in [-0.25, -0.2) is 31.6 Å². The van der Waals surface area contributed by atoms with Crippen LogP contribution in [0.1, 0.15) is 51.4 Å². The lowest BCUT2D eigenvalue weighted by molar-refractivity contribution is -0.0719. The maximum Gasteiger partial charge on any atom is 0.472 e. The molecule has 0 fully saturated rings. The van der Waals surface area contributed by atoms with E-state index >= 15 is 0 Å². The van der Waals surface area contributed by atoms with Crippen molar-refractivity contribution in [3.63, 3.8) is 0 Å². The normalized spacial score (nSPS) is 15.3. The second-order valence-corrected chi connectivity index (χ2v) is 8.99. The number of alkyl halides is 4. The van der Waals surface area contributed by atoms with Crippen LogP contribution in [0, 0.1) is 5.92 Å². The van der Waals surface area contributed by atoms with E-state index in [0.29, 0.717) is 0 Å². The van der Waals surface area contributed by atoms with Crippen LogP contribution < -0.4 is 10.5 Å². The first-order chi connectivity index (χ1) is 14.7. The molecule has 2 aromatic rings. The molecular weight excluding hydrogens is 457 g/mol. The SMILES string of the molecule is CC(C)C[C@](C)(N)C(Oc1ccc(-c2ccnc(C(F)F)c2)nc1C(F)F)OP(=O)(O)O. The Morgan fingerprint density at radius 2 is 1.81 bits per heavy atom. The zero-order valence-electron chi connectivity index (χ0n) is 17.5. The quantitative estimate of drug-likeness (QED) is 0.255. The van der Waals surface area contributed by atoms with E-state index in [1.54, 1.807) is 13.8 Å². The molecule has 0 saturated heterocycles. The number of ether oxygens (including phenoxy) is 1. The first-order valence-electron chi connectivity index (χ1n) is 9.42. The van der Waals surface area contributed by atoms with Crippen LogP contribution in [0.5, 0.6) is 5.75 Å². The van der Waals surface area contributed by atoms with Gasteiger partial charge in [0.25, 0.3) is 12.9 Å². The van der Waals surface area contributed by atoms with Crippen LogP contribution in [0.15, 0.2) is 30.5 Å². The molecule has 2 atom stereocenters. The number of hydrogen-bond acceptors (Lipinski definition) is 6. The molecule has 0 aliphatic rings. The molecule has 0 aromatic carbocycles. The van der Waals surface area contributed by atoms with Gasteiger partial charge >= 0.3 is 7.82 Å². The lowest BCUT2D eigenvalue weighted by atomic mass is 9.91. The number of halogens is 4. The van der Waals surface area contributed by atoms with Crippen LogP contribution >= 0.6 is 7.82 Å². The van der Waals surface area contributed by atoms with Crippen LogP contribution in [0.2, 0.25) is 0 Å². The van der Waals surface area contributed by atoms with Crippen molar-refractivity contribution >= 4 is 7.82 Å². The van der Waals surface area contributed by atoms with Gasteiger partial charge in [-0.3, -0.25) is 4.98 Å². The Kier molecular flexibility index (Phi) is 8.35. The number of phosphoric acid groups is 1. The Hall–Kier alpha value is -2.11. The van der Waals surface area contributed by atoms with Gasteiger partial charge in [-0.15, -0.1) is 0 Å². The first kappa shape index (κ1) is 26.1. The van der Waals surface area contributed by atoms with Crippen LogP contribution in [0.3, 0.4) is 0 Å². The molecule has 0 spiro atoms. The number of phosphoric ester groups is 1. The van der Waals surface area contributed by atoms with Crippen LogP contribution in [0.25, 0.3) is 11.3 Å². The van der Waals surface area contributed by atoms with Crippen molar-refractivity contribution in [2.24, 2.45) is 11.7 Å². The highest BCUT2D eigenvalue weighted by molar-refractivity contribution is 7.46. The molecule has 2 heterocycles. The fraction of sp³-hybridized carbons (Fsp3) is 0.474. The second-order valence-electron chi connectivity index (χ2n) is 7.80. The molecule has 0 aliphatic carbocycles. The summed E-state index contributed by atoms with van der Waals surface area (Å²) in [5.41, 5.74) is 3.30. The third-order valence-electron chi connectivity index (χ3n) is 4.25. The summed E-state index contributed by atoms with van der Waals surface area (Å²) in [5, 5.41) is 0. The molecule has 0 aliphatic heterocycles. The van der Waals surface area contributed by atoms with Crippen molar-refractivity contribution in [2.45, 2.75) is 51.9 Å². The van der Waals surface area contributed by atoms with E-state index in [4.69, 9.17) is 10.5 Å². The summed E-state index contributed by atoms with van der Waals surface area (Å²) >= 11 is 0. The summed E-state index contributed by atoms with van der Waals surface area (Å²) in [7, 11) is -5.10. The molecule has 0 radical (unpaired) electrons. The molecule has 0 bridgehead atoms. The molecule has 32 heavy (non-hydrogen) atoms. The summed E-state index contributed by atoms with van der Waals surface area (Å²) in [6.45, 7) is 4.99. The zero-order chi connectivity index (χ0) is 24.3. The number of pyridine rings is 2. The Morgan fingerprint density at radius 3 is 2.34 bits per heavy atom. The number of aromatic nitrogens is 2. The monoisotopic (exact) mass is 481 g/mol. The van der Waals surface area contributed by atoms with Gasteiger partial charge in [0.1, 0.15) is 17.1 Å². The average molecular weight is 481 g/mol. The van der Waals surface area contributed by atoms with E-state index in [9.17, 15) is 31.9 Å². The van der Waals surface area contributed by atoms with Crippen molar-refractivity contribution in [3.05, 3.63) is 41.9 Å². The molecule has 178 valence electrons. The van der Waals surface area contributed by atoms with Gasteiger partial charge in [0.05, 0.1) is 11.2 Å². The summed E-state index contributed by atoms with van der Waals surface area (Å²) < 4.78 is 74.7. The molecule has 4 N–H and O–H groups in total. The zero-order valence-corrected chi connectivity index (χ0v) is 18.3. The smallest absolute Gasteiger partial charge is 0.460 e. The Bertz CT molecular complexity index is 972. The Labute approximate surface area is 182 Å². The van der Waals surface area contributed by atoms with Crippen molar-refractivity contribution in [3.8, 4) is 17.0 Å². The Balaban J connectivity index is 2.46. The van der Waals surface area contributed by atoms with E-state index < -0.39 is 49.6 Å². The summed E-state index contributed by atoms with van der Waals surface area (Å²) in [4.78, 5) is 25.8. The number of hydrogen-bond donors (Lipinski definition) is 3. The van der Waals surface area contributed by atoms with Crippen molar-refractivity contribution < 1.29 is 41.2 Å². The van der Waals surface area contributed by atoms with Gasteiger partial charge in [0.2, 0.25) is 6.29 Å². The third-order valence-corrected chi connectivity index (χ3v) is 4.71. The fourth-order valence-corrected chi connectivity index (χ4v) is 3.63. The molecule has 2 rings (SSSR count). The van der Waals surface area contributed by atoms with Gasteiger partial charge in [-0.1, -0.05) is 13.8 Å². The van der Waals surface area contributed by atoms with Gasteiger partial charge in [-0.05, 0) is 43.5 Å². The van der Waals surface area contributed by atoms with Gasteiger partial charge in [0, 0.05) is 11.8 Å². The predicted octanol–water partition coefficient (Wildman–Crippen LogP) is 4.60.